The van der Waals surface area contributed by atoms with Gasteiger partial charge in [0.2, 0.25) is 0 Å². The molecule has 0 unspecified atom stereocenters. The van der Waals surface area contributed by atoms with Crippen molar-refractivity contribution in [2.75, 3.05) is 26.7 Å². The van der Waals surface area contributed by atoms with E-state index in [1.54, 1.807) is 0 Å². The molecule has 0 bridgehead atoms. The largest absolute Gasteiger partial charge is 0.304 e. The number of aryl methyl sites for hydroxylation is 1. The van der Waals surface area contributed by atoms with Crippen molar-refractivity contribution < 1.29 is 0 Å². The number of aromatic nitrogens is 1. The van der Waals surface area contributed by atoms with E-state index in [-0.39, 0.29) is 0 Å². The molecular weight excluding hydrogens is 222 g/mol. The third-order valence-electron chi connectivity index (χ3n) is 3.75. The zero-order valence-corrected chi connectivity index (χ0v) is 11.9. The Kier molecular flexibility index (Phi) is 4.72. The lowest BCUT2D eigenvalue weighted by molar-refractivity contribution is 0.0937. The van der Waals surface area contributed by atoms with Crippen LogP contribution in [0.4, 0.5) is 0 Å². The molecule has 18 heavy (non-hydrogen) atoms. The van der Waals surface area contributed by atoms with Crippen molar-refractivity contribution in [2.24, 2.45) is 0 Å². The summed E-state index contributed by atoms with van der Waals surface area (Å²) in [6.07, 6.45) is 4.31. The molecule has 100 valence electrons. The Labute approximate surface area is 111 Å². The SMILES string of the molecule is CCCc1ccc(CN2CCN(C)C[C@@H]2C)cn1. The highest BCUT2D eigenvalue weighted by molar-refractivity contribution is 5.14. The zero-order valence-electron chi connectivity index (χ0n) is 11.9. The van der Waals surface area contributed by atoms with E-state index in [2.05, 4.69) is 54.0 Å². The predicted octanol–water partition coefficient (Wildman–Crippen LogP) is 2.17. The van der Waals surface area contributed by atoms with Gasteiger partial charge in [0.05, 0.1) is 0 Å². The number of piperazine rings is 1. The summed E-state index contributed by atoms with van der Waals surface area (Å²) in [5.74, 6) is 0. The maximum absolute atomic E-state index is 4.54. The highest BCUT2D eigenvalue weighted by Crippen LogP contribution is 2.13. The van der Waals surface area contributed by atoms with Crippen molar-refractivity contribution in [1.29, 1.82) is 0 Å². The summed E-state index contributed by atoms with van der Waals surface area (Å²) < 4.78 is 0. The molecule has 0 N–H and O–H groups in total. The fraction of sp³-hybridized carbons (Fsp3) is 0.667. The number of hydrogen-bond donors (Lipinski definition) is 0. The molecule has 0 amide bonds. The molecule has 1 atom stereocenters. The van der Waals surface area contributed by atoms with Gasteiger partial charge < -0.3 is 4.90 Å². The van der Waals surface area contributed by atoms with E-state index in [4.69, 9.17) is 0 Å². The first kappa shape index (κ1) is 13.5. The molecule has 1 aliphatic heterocycles. The van der Waals surface area contributed by atoms with Crippen molar-refractivity contribution in [2.45, 2.75) is 39.3 Å². The smallest absolute Gasteiger partial charge is 0.0403 e. The minimum Gasteiger partial charge on any atom is -0.304 e. The second kappa shape index (κ2) is 6.30. The summed E-state index contributed by atoms with van der Waals surface area (Å²) in [7, 11) is 2.20. The van der Waals surface area contributed by atoms with Crippen molar-refractivity contribution in [3.8, 4) is 0 Å². The summed E-state index contributed by atoms with van der Waals surface area (Å²) in [6.45, 7) is 9.05. The number of hydrogen-bond acceptors (Lipinski definition) is 3. The van der Waals surface area contributed by atoms with Crippen molar-refractivity contribution >= 4 is 0 Å². The van der Waals surface area contributed by atoms with Crippen LogP contribution in [0, 0.1) is 0 Å². The van der Waals surface area contributed by atoms with Gasteiger partial charge in [-0.3, -0.25) is 9.88 Å². The Hall–Kier alpha value is -0.930. The molecule has 1 aliphatic rings. The topological polar surface area (TPSA) is 19.4 Å². The maximum atomic E-state index is 4.54. The fourth-order valence-corrected chi connectivity index (χ4v) is 2.60. The van der Waals surface area contributed by atoms with E-state index in [1.807, 2.05) is 0 Å². The molecule has 3 nitrogen and oxygen atoms in total. The Bertz CT molecular complexity index is 361. The number of rotatable bonds is 4. The zero-order chi connectivity index (χ0) is 13.0. The van der Waals surface area contributed by atoms with Crippen molar-refractivity contribution in [3.63, 3.8) is 0 Å². The highest BCUT2D eigenvalue weighted by Gasteiger charge is 2.21. The van der Waals surface area contributed by atoms with E-state index >= 15 is 0 Å². The first-order valence-corrected chi connectivity index (χ1v) is 7.05. The van der Waals surface area contributed by atoms with Crippen molar-refractivity contribution in [3.05, 3.63) is 29.6 Å². The Morgan fingerprint density at radius 3 is 2.78 bits per heavy atom. The summed E-state index contributed by atoms with van der Waals surface area (Å²) in [4.78, 5) is 9.50. The molecule has 0 saturated carbocycles. The molecule has 3 heteroatoms. The molecule has 1 fully saturated rings. The summed E-state index contributed by atoms with van der Waals surface area (Å²) >= 11 is 0. The average molecular weight is 247 g/mol. The maximum Gasteiger partial charge on any atom is 0.0403 e. The Morgan fingerprint density at radius 1 is 1.33 bits per heavy atom. The van der Waals surface area contributed by atoms with Crippen LogP contribution >= 0.6 is 0 Å². The Balaban J connectivity index is 1.92. The van der Waals surface area contributed by atoms with Crippen LogP contribution < -0.4 is 0 Å². The summed E-state index contributed by atoms with van der Waals surface area (Å²) in [5.41, 5.74) is 2.55. The van der Waals surface area contributed by atoms with E-state index in [0.29, 0.717) is 6.04 Å². The van der Waals surface area contributed by atoms with E-state index in [1.165, 1.54) is 30.8 Å². The van der Waals surface area contributed by atoms with Gasteiger partial charge in [-0.2, -0.15) is 0 Å². The lowest BCUT2D eigenvalue weighted by atomic mass is 10.1. The van der Waals surface area contributed by atoms with Gasteiger partial charge >= 0.3 is 0 Å². The lowest BCUT2D eigenvalue weighted by Crippen LogP contribution is -2.49. The van der Waals surface area contributed by atoms with Gasteiger partial charge in [-0.05, 0) is 32.0 Å². The molecule has 0 spiro atoms. The molecule has 2 heterocycles. The summed E-state index contributed by atoms with van der Waals surface area (Å²) in [6, 6.07) is 5.06. The molecule has 1 aromatic heterocycles. The van der Waals surface area contributed by atoms with Crippen LogP contribution in [0.2, 0.25) is 0 Å². The van der Waals surface area contributed by atoms with Crippen LogP contribution in [0.3, 0.4) is 0 Å². The van der Waals surface area contributed by atoms with Crippen LogP contribution in [-0.2, 0) is 13.0 Å². The molecule has 1 aromatic rings. The van der Waals surface area contributed by atoms with Crippen LogP contribution in [0.25, 0.3) is 0 Å². The minimum atomic E-state index is 0.638. The third kappa shape index (κ3) is 3.53. The number of pyridine rings is 1. The molecule has 1 saturated heterocycles. The van der Waals surface area contributed by atoms with Crippen LogP contribution in [0.1, 0.15) is 31.5 Å². The molecule has 2 rings (SSSR count). The standard InChI is InChI=1S/C15H25N3/c1-4-5-15-7-6-14(10-16-15)12-18-9-8-17(3)11-13(18)2/h6-7,10,13H,4-5,8-9,11-12H2,1-3H3/t13-/m0/s1. The second-order valence-corrected chi connectivity index (χ2v) is 5.49. The van der Waals surface area contributed by atoms with Gasteiger partial charge in [0, 0.05) is 44.1 Å². The molecule has 0 aliphatic carbocycles. The molecule has 0 radical (unpaired) electrons. The molecular formula is C15H25N3. The predicted molar refractivity (Wildman–Crippen MR) is 75.6 cm³/mol. The van der Waals surface area contributed by atoms with E-state index < -0.39 is 0 Å². The third-order valence-corrected chi connectivity index (χ3v) is 3.75. The van der Waals surface area contributed by atoms with Crippen LogP contribution in [-0.4, -0.2) is 47.5 Å². The molecule has 0 aromatic carbocycles. The van der Waals surface area contributed by atoms with E-state index in [9.17, 15) is 0 Å². The lowest BCUT2D eigenvalue weighted by Gasteiger charge is -2.38. The first-order chi connectivity index (χ1) is 8.69. The normalized spacial score (nSPS) is 22.3. The summed E-state index contributed by atoms with van der Waals surface area (Å²) in [5, 5.41) is 0. The number of nitrogens with zero attached hydrogens (tertiary/aromatic N) is 3. The van der Waals surface area contributed by atoms with Gasteiger partial charge in [0.1, 0.15) is 0 Å². The van der Waals surface area contributed by atoms with Gasteiger partial charge in [0.25, 0.3) is 0 Å². The van der Waals surface area contributed by atoms with E-state index in [0.717, 1.165) is 19.5 Å². The minimum absolute atomic E-state index is 0.638. The van der Waals surface area contributed by atoms with Gasteiger partial charge in [-0.15, -0.1) is 0 Å². The quantitative estimate of drug-likeness (QED) is 0.813. The first-order valence-electron chi connectivity index (χ1n) is 7.05. The fourth-order valence-electron chi connectivity index (χ4n) is 2.60. The monoisotopic (exact) mass is 247 g/mol. The van der Waals surface area contributed by atoms with Crippen molar-refractivity contribution in [1.82, 2.24) is 14.8 Å². The second-order valence-electron chi connectivity index (χ2n) is 5.49. The van der Waals surface area contributed by atoms with Gasteiger partial charge in [0.15, 0.2) is 0 Å². The van der Waals surface area contributed by atoms with Crippen LogP contribution in [0.5, 0.6) is 0 Å². The van der Waals surface area contributed by atoms with Gasteiger partial charge in [-0.1, -0.05) is 19.4 Å². The highest BCUT2D eigenvalue weighted by atomic mass is 15.3. The van der Waals surface area contributed by atoms with Gasteiger partial charge in [-0.25, -0.2) is 0 Å². The number of likely N-dealkylation sites (N-methyl/N-ethyl adjacent to an activating group) is 1. The Morgan fingerprint density at radius 2 is 2.17 bits per heavy atom. The van der Waals surface area contributed by atoms with Crippen LogP contribution in [0.15, 0.2) is 18.3 Å². The average Bonchev–Trinajstić information content (AvgIpc) is 2.35.